The number of carbonyl (C=O) groups is 1. The molecule has 2 N–H and O–H groups in total. The SMILES string of the molecule is C[C@H]1OC(c2ccc(OCCCO)cc2)=N[C@@]1(Cc1ccccc1)C(=O)NCc1ccccc1. The lowest BCUT2D eigenvalue weighted by Gasteiger charge is -2.28. The Morgan fingerprint density at radius 3 is 2.29 bits per heavy atom. The number of hydrogen-bond acceptors (Lipinski definition) is 5. The minimum Gasteiger partial charge on any atom is -0.494 e. The summed E-state index contributed by atoms with van der Waals surface area (Å²) in [7, 11) is 0. The van der Waals surface area contributed by atoms with E-state index < -0.39 is 11.6 Å². The average Bonchev–Trinajstić information content (AvgIpc) is 3.21. The standard InChI is InChI=1S/C28H30N2O4/c1-21-28(19-22-9-4-2-5-10-22,27(32)29-20-23-11-6-3-7-12-23)30-26(34-21)24-13-15-25(16-14-24)33-18-8-17-31/h2-7,9-16,21,31H,8,17-20H2,1H3,(H,29,32)/t21-,28-/m1/s1. The number of aliphatic hydroxyl groups excluding tert-OH is 1. The fourth-order valence-electron chi connectivity index (χ4n) is 3.98. The first kappa shape index (κ1) is 23.5. The fourth-order valence-corrected chi connectivity index (χ4v) is 3.98. The van der Waals surface area contributed by atoms with Crippen LogP contribution >= 0.6 is 0 Å². The number of ether oxygens (including phenoxy) is 2. The molecule has 3 aromatic rings. The number of aliphatic imine (C=N–C) groups is 1. The number of hydrogen-bond donors (Lipinski definition) is 2. The summed E-state index contributed by atoms with van der Waals surface area (Å²) in [5.74, 6) is 0.992. The van der Waals surface area contributed by atoms with Gasteiger partial charge in [0.2, 0.25) is 5.90 Å². The van der Waals surface area contributed by atoms with Crippen LogP contribution in [0.25, 0.3) is 0 Å². The van der Waals surface area contributed by atoms with Crippen LogP contribution in [0.4, 0.5) is 0 Å². The fraction of sp³-hybridized carbons (Fsp3) is 0.286. The van der Waals surface area contributed by atoms with Crippen LogP contribution in [0.5, 0.6) is 5.75 Å². The summed E-state index contributed by atoms with van der Waals surface area (Å²) in [4.78, 5) is 18.5. The minimum atomic E-state index is -1.08. The van der Waals surface area contributed by atoms with Gasteiger partial charge in [0.15, 0.2) is 5.54 Å². The summed E-state index contributed by atoms with van der Waals surface area (Å²) in [5, 5.41) is 12.0. The molecule has 0 spiro atoms. The van der Waals surface area contributed by atoms with Crippen molar-refractivity contribution in [3.63, 3.8) is 0 Å². The normalized spacial score (nSPS) is 19.2. The van der Waals surface area contributed by atoms with E-state index in [9.17, 15) is 4.79 Å². The molecule has 0 fully saturated rings. The molecule has 0 unspecified atom stereocenters. The van der Waals surface area contributed by atoms with Crippen molar-refractivity contribution < 1.29 is 19.4 Å². The second kappa shape index (κ2) is 11.0. The largest absolute Gasteiger partial charge is 0.494 e. The summed E-state index contributed by atoms with van der Waals surface area (Å²) in [6, 6.07) is 27.2. The predicted molar refractivity (Wildman–Crippen MR) is 132 cm³/mol. The molecule has 0 bridgehead atoms. The second-order valence-electron chi connectivity index (χ2n) is 8.38. The van der Waals surface area contributed by atoms with Crippen LogP contribution in [-0.4, -0.2) is 41.8 Å². The Bertz CT molecular complexity index is 1100. The van der Waals surface area contributed by atoms with E-state index in [4.69, 9.17) is 19.6 Å². The molecule has 3 aromatic carbocycles. The second-order valence-corrected chi connectivity index (χ2v) is 8.38. The Kier molecular flexibility index (Phi) is 7.60. The minimum absolute atomic E-state index is 0.0937. The first-order chi connectivity index (χ1) is 16.6. The van der Waals surface area contributed by atoms with E-state index >= 15 is 0 Å². The maximum atomic E-state index is 13.6. The van der Waals surface area contributed by atoms with Gasteiger partial charge in [-0.05, 0) is 42.3 Å². The molecule has 1 heterocycles. The molecule has 0 saturated heterocycles. The van der Waals surface area contributed by atoms with Gasteiger partial charge in [0.25, 0.3) is 5.91 Å². The molecule has 1 aliphatic rings. The van der Waals surface area contributed by atoms with Gasteiger partial charge in [-0.3, -0.25) is 4.79 Å². The molecule has 2 atom stereocenters. The van der Waals surface area contributed by atoms with E-state index in [1.807, 2.05) is 91.9 Å². The van der Waals surface area contributed by atoms with Crippen LogP contribution in [0.15, 0.2) is 89.9 Å². The molecule has 0 saturated carbocycles. The molecular formula is C28H30N2O4. The Morgan fingerprint density at radius 1 is 1.00 bits per heavy atom. The summed E-state index contributed by atoms with van der Waals surface area (Å²) in [5.41, 5.74) is 1.75. The van der Waals surface area contributed by atoms with Gasteiger partial charge in [-0.1, -0.05) is 60.7 Å². The van der Waals surface area contributed by atoms with Crippen molar-refractivity contribution in [1.29, 1.82) is 0 Å². The van der Waals surface area contributed by atoms with E-state index in [-0.39, 0.29) is 12.5 Å². The topological polar surface area (TPSA) is 80.2 Å². The number of rotatable bonds is 10. The monoisotopic (exact) mass is 458 g/mol. The zero-order valence-corrected chi connectivity index (χ0v) is 19.3. The van der Waals surface area contributed by atoms with E-state index in [2.05, 4.69) is 5.32 Å². The Balaban J connectivity index is 1.58. The van der Waals surface area contributed by atoms with Gasteiger partial charge in [0.05, 0.1) is 6.61 Å². The lowest BCUT2D eigenvalue weighted by atomic mass is 9.86. The van der Waals surface area contributed by atoms with Crippen LogP contribution in [0.1, 0.15) is 30.0 Å². The van der Waals surface area contributed by atoms with Gasteiger partial charge < -0.3 is 19.9 Å². The number of aliphatic hydroxyl groups is 1. The van der Waals surface area contributed by atoms with Crippen LogP contribution in [0.3, 0.4) is 0 Å². The Morgan fingerprint density at radius 2 is 1.65 bits per heavy atom. The third-order valence-electron chi connectivity index (χ3n) is 5.94. The van der Waals surface area contributed by atoms with Crippen molar-refractivity contribution in [2.75, 3.05) is 13.2 Å². The number of carbonyl (C=O) groups excluding carboxylic acids is 1. The van der Waals surface area contributed by atoms with Crippen LogP contribution in [-0.2, 0) is 22.5 Å². The zero-order chi connectivity index (χ0) is 23.8. The summed E-state index contributed by atoms with van der Waals surface area (Å²) < 4.78 is 11.8. The lowest BCUT2D eigenvalue weighted by molar-refractivity contribution is -0.128. The maximum absolute atomic E-state index is 13.6. The molecule has 34 heavy (non-hydrogen) atoms. The van der Waals surface area contributed by atoms with Gasteiger partial charge in [-0.25, -0.2) is 4.99 Å². The van der Waals surface area contributed by atoms with Crippen LogP contribution in [0, 0.1) is 0 Å². The highest BCUT2D eigenvalue weighted by molar-refractivity contribution is 6.00. The van der Waals surface area contributed by atoms with Gasteiger partial charge in [-0.15, -0.1) is 0 Å². The number of amides is 1. The van der Waals surface area contributed by atoms with Gasteiger partial charge in [0, 0.05) is 31.6 Å². The van der Waals surface area contributed by atoms with Gasteiger partial charge >= 0.3 is 0 Å². The predicted octanol–water partition coefficient (Wildman–Crippen LogP) is 3.91. The highest BCUT2D eigenvalue weighted by Crippen LogP contribution is 2.33. The van der Waals surface area contributed by atoms with Crippen LogP contribution < -0.4 is 10.1 Å². The zero-order valence-electron chi connectivity index (χ0n) is 19.3. The van der Waals surface area contributed by atoms with Crippen LogP contribution in [0.2, 0.25) is 0 Å². The molecule has 176 valence electrons. The maximum Gasteiger partial charge on any atom is 0.252 e. The molecule has 0 aromatic heterocycles. The first-order valence-electron chi connectivity index (χ1n) is 11.6. The summed E-state index contributed by atoms with van der Waals surface area (Å²) >= 11 is 0. The van der Waals surface area contributed by atoms with E-state index in [1.54, 1.807) is 0 Å². The van der Waals surface area contributed by atoms with Crippen molar-refractivity contribution >= 4 is 11.8 Å². The molecule has 0 aliphatic carbocycles. The molecule has 6 heteroatoms. The van der Waals surface area contributed by atoms with Gasteiger partial charge in [0.1, 0.15) is 11.9 Å². The molecule has 1 aliphatic heterocycles. The first-order valence-corrected chi connectivity index (χ1v) is 11.6. The lowest BCUT2D eigenvalue weighted by Crippen LogP contribution is -2.52. The number of nitrogens with zero attached hydrogens (tertiary/aromatic N) is 1. The highest BCUT2D eigenvalue weighted by Gasteiger charge is 2.50. The van der Waals surface area contributed by atoms with Gasteiger partial charge in [-0.2, -0.15) is 0 Å². The van der Waals surface area contributed by atoms with Crippen molar-refractivity contribution in [2.45, 2.75) is 38.0 Å². The van der Waals surface area contributed by atoms with Crippen molar-refractivity contribution in [3.8, 4) is 5.75 Å². The summed E-state index contributed by atoms with van der Waals surface area (Å²) in [6.07, 6.45) is 0.565. The molecule has 6 nitrogen and oxygen atoms in total. The van der Waals surface area contributed by atoms with E-state index in [1.165, 1.54) is 0 Å². The summed E-state index contributed by atoms with van der Waals surface area (Å²) in [6.45, 7) is 2.87. The van der Waals surface area contributed by atoms with Crippen molar-refractivity contribution in [3.05, 3.63) is 102 Å². The van der Waals surface area contributed by atoms with Crippen molar-refractivity contribution in [2.24, 2.45) is 4.99 Å². The molecule has 0 radical (unpaired) electrons. The smallest absolute Gasteiger partial charge is 0.252 e. The number of nitrogens with one attached hydrogen (secondary N) is 1. The van der Waals surface area contributed by atoms with E-state index in [0.717, 1.165) is 16.7 Å². The Labute approximate surface area is 200 Å². The van der Waals surface area contributed by atoms with E-state index in [0.29, 0.717) is 37.6 Å². The average molecular weight is 459 g/mol. The highest BCUT2D eigenvalue weighted by atomic mass is 16.5. The third-order valence-corrected chi connectivity index (χ3v) is 5.94. The molecule has 1 amide bonds. The molecular weight excluding hydrogens is 428 g/mol. The van der Waals surface area contributed by atoms with Crippen molar-refractivity contribution in [1.82, 2.24) is 5.32 Å². The third kappa shape index (κ3) is 5.46. The number of benzene rings is 3. The quantitative estimate of drug-likeness (QED) is 0.452. The Hall–Kier alpha value is -3.64. The molecule has 4 rings (SSSR count).